The molecule has 0 unspecified atom stereocenters. The number of aromatic nitrogens is 1. The second kappa shape index (κ2) is 6.94. The van der Waals surface area contributed by atoms with E-state index in [4.69, 9.17) is 16.3 Å². The standard InChI is InChI=1S/C18H14ClNO2S/c1-2-22-18(21)16-15(12-6-4-3-5-7-12)20-17(23-16)13-8-10-14(19)11-9-13/h3-11H,2H2,1H3. The quantitative estimate of drug-likeness (QED) is 0.603. The zero-order valence-electron chi connectivity index (χ0n) is 12.5. The Morgan fingerprint density at radius 1 is 1.09 bits per heavy atom. The molecule has 3 aromatic rings. The fraction of sp³-hybridized carbons (Fsp3) is 0.111. The van der Waals surface area contributed by atoms with Gasteiger partial charge in [0.1, 0.15) is 9.88 Å². The van der Waals surface area contributed by atoms with Crippen LogP contribution < -0.4 is 0 Å². The number of carbonyl (C=O) groups excluding carboxylic acids is 1. The molecule has 23 heavy (non-hydrogen) atoms. The summed E-state index contributed by atoms with van der Waals surface area (Å²) >= 11 is 7.26. The second-order valence-corrected chi connectivity index (χ2v) is 6.23. The van der Waals surface area contributed by atoms with Crippen LogP contribution in [0.15, 0.2) is 54.6 Å². The molecule has 2 aromatic carbocycles. The van der Waals surface area contributed by atoms with E-state index >= 15 is 0 Å². The van der Waals surface area contributed by atoms with Crippen LogP contribution in [0, 0.1) is 0 Å². The van der Waals surface area contributed by atoms with E-state index < -0.39 is 0 Å². The number of halogens is 1. The first kappa shape index (κ1) is 15.7. The smallest absolute Gasteiger partial charge is 0.350 e. The van der Waals surface area contributed by atoms with Gasteiger partial charge in [0, 0.05) is 16.1 Å². The minimum atomic E-state index is -0.343. The highest BCUT2D eigenvalue weighted by atomic mass is 35.5. The van der Waals surface area contributed by atoms with Crippen LogP contribution in [-0.4, -0.2) is 17.6 Å². The summed E-state index contributed by atoms with van der Waals surface area (Å²) in [6.07, 6.45) is 0. The lowest BCUT2D eigenvalue weighted by molar-refractivity contribution is 0.0532. The van der Waals surface area contributed by atoms with Crippen LogP contribution in [0.25, 0.3) is 21.8 Å². The van der Waals surface area contributed by atoms with Gasteiger partial charge in [-0.3, -0.25) is 0 Å². The van der Waals surface area contributed by atoms with Gasteiger partial charge in [-0.1, -0.05) is 54.1 Å². The van der Waals surface area contributed by atoms with Crippen molar-refractivity contribution in [1.29, 1.82) is 0 Å². The summed E-state index contributed by atoms with van der Waals surface area (Å²) in [4.78, 5) is 17.4. The van der Waals surface area contributed by atoms with E-state index in [1.165, 1.54) is 11.3 Å². The molecule has 1 aromatic heterocycles. The minimum absolute atomic E-state index is 0.335. The number of carbonyl (C=O) groups is 1. The van der Waals surface area contributed by atoms with Crippen molar-refractivity contribution < 1.29 is 9.53 Å². The van der Waals surface area contributed by atoms with Crippen molar-refractivity contribution in [3.05, 3.63) is 64.5 Å². The highest BCUT2D eigenvalue weighted by Crippen LogP contribution is 2.34. The molecule has 0 N–H and O–H groups in total. The van der Waals surface area contributed by atoms with Gasteiger partial charge in [0.05, 0.1) is 12.3 Å². The van der Waals surface area contributed by atoms with E-state index in [9.17, 15) is 4.79 Å². The van der Waals surface area contributed by atoms with E-state index in [0.717, 1.165) is 16.1 Å². The molecular formula is C18H14ClNO2S. The van der Waals surface area contributed by atoms with E-state index in [2.05, 4.69) is 4.98 Å². The summed E-state index contributed by atoms with van der Waals surface area (Å²) < 4.78 is 5.17. The molecule has 0 aliphatic carbocycles. The molecule has 0 saturated heterocycles. The molecule has 0 aliphatic heterocycles. The summed E-state index contributed by atoms with van der Waals surface area (Å²) in [6.45, 7) is 2.13. The summed E-state index contributed by atoms with van der Waals surface area (Å²) in [6, 6.07) is 17.1. The number of thiazole rings is 1. The Morgan fingerprint density at radius 3 is 2.43 bits per heavy atom. The number of rotatable bonds is 4. The molecule has 0 atom stereocenters. The SMILES string of the molecule is CCOC(=O)c1sc(-c2ccc(Cl)cc2)nc1-c1ccccc1. The van der Waals surface area contributed by atoms with E-state index in [1.807, 2.05) is 54.6 Å². The summed E-state index contributed by atoms with van der Waals surface area (Å²) in [5, 5.41) is 1.43. The maximum Gasteiger partial charge on any atom is 0.350 e. The fourth-order valence-electron chi connectivity index (χ4n) is 2.16. The van der Waals surface area contributed by atoms with Crippen LogP contribution >= 0.6 is 22.9 Å². The highest BCUT2D eigenvalue weighted by molar-refractivity contribution is 7.17. The van der Waals surface area contributed by atoms with Crippen LogP contribution in [0.1, 0.15) is 16.6 Å². The third-order valence-corrected chi connectivity index (χ3v) is 4.56. The number of ether oxygens (including phenoxy) is 1. The number of hydrogen-bond acceptors (Lipinski definition) is 4. The van der Waals surface area contributed by atoms with Crippen LogP contribution in [0.3, 0.4) is 0 Å². The lowest BCUT2D eigenvalue weighted by Gasteiger charge is -2.01. The Morgan fingerprint density at radius 2 is 1.78 bits per heavy atom. The highest BCUT2D eigenvalue weighted by Gasteiger charge is 2.21. The minimum Gasteiger partial charge on any atom is -0.462 e. The van der Waals surface area contributed by atoms with Crippen molar-refractivity contribution in [3.8, 4) is 21.8 Å². The summed E-state index contributed by atoms with van der Waals surface area (Å²) in [5.74, 6) is -0.343. The average molecular weight is 344 g/mol. The Kier molecular flexibility index (Phi) is 4.74. The van der Waals surface area contributed by atoms with Gasteiger partial charge in [-0.2, -0.15) is 0 Å². The Labute approximate surface area is 143 Å². The predicted molar refractivity (Wildman–Crippen MR) is 94.0 cm³/mol. The molecule has 0 fully saturated rings. The Hall–Kier alpha value is -2.17. The van der Waals surface area contributed by atoms with Crippen molar-refractivity contribution in [2.24, 2.45) is 0 Å². The lowest BCUT2D eigenvalue weighted by Crippen LogP contribution is -2.03. The molecule has 0 amide bonds. The van der Waals surface area contributed by atoms with Crippen molar-refractivity contribution >= 4 is 28.9 Å². The molecule has 0 radical (unpaired) electrons. The van der Waals surface area contributed by atoms with E-state index in [-0.39, 0.29) is 5.97 Å². The first-order valence-corrected chi connectivity index (χ1v) is 8.37. The topological polar surface area (TPSA) is 39.2 Å². The molecular weight excluding hydrogens is 330 g/mol. The van der Waals surface area contributed by atoms with Crippen LogP contribution in [0.4, 0.5) is 0 Å². The zero-order valence-corrected chi connectivity index (χ0v) is 14.0. The first-order chi connectivity index (χ1) is 11.2. The summed E-state index contributed by atoms with van der Waals surface area (Å²) in [5.41, 5.74) is 2.47. The predicted octanol–water partition coefficient (Wildman–Crippen LogP) is 5.31. The van der Waals surface area contributed by atoms with Crippen molar-refractivity contribution in [1.82, 2.24) is 4.98 Å². The molecule has 3 rings (SSSR count). The van der Waals surface area contributed by atoms with Crippen molar-refractivity contribution in [2.45, 2.75) is 6.92 Å². The van der Waals surface area contributed by atoms with Gasteiger partial charge in [-0.25, -0.2) is 9.78 Å². The number of esters is 1. The number of nitrogens with zero attached hydrogens (tertiary/aromatic N) is 1. The van der Waals surface area contributed by atoms with Gasteiger partial charge >= 0.3 is 5.97 Å². The third kappa shape index (κ3) is 3.44. The first-order valence-electron chi connectivity index (χ1n) is 7.18. The molecule has 116 valence electrons. The molecule has 0 saturated carbocycles. The molecule has 3 nitrogen and oxygen atoms in total. The van der Waals surface area contributed by atoms with Crippen molar-refractivity contribution in [2.75, 3.05) is 6.61 Å². The van der Waals surface area contributed by atoms with Gasteiger partial charge in [-0.05, 0) is 19.1 Å². The van der Waals surface area contributed by atoms with Gasteiger partial charge in [0.15, 0.2) is 0 Å². The van der Waals surface area contributed by atoms with Crippen LogP contribution in [-0.2, 0) is 4.74 Å². The Balaban J connectivity index is 2.10. The molecule has 5 heteroatoms. The maximum absolute atomic E-state index is 12.3. The van der Waals surface area contributed by atoms with Gasteiger partial charge in [0.25, 0.3) is 0 Å². The Bertz CT molecular complexity index is 813. The largest absolute Gasteiger partial charge is 0.462 e. The molecule has 0 aliphatic rings. The fourth-order valence-corrected chi connectivity index (χ4v) is 3.28. The lowest BCUT2D eigenvalue weighted by atomic mass is 10.1. The van der Waals surface area contributed by atoms with Gasteiger partial charge in [-0.15, -0.1) is 11.3 Å². The van der Waals surface area contributed by atoms with E-state index in [1.54, 1.807) is 6.92 Å². The molecule has 1 heterocycles. The van der Waals surface area contributed by atoms with Crippen LogP contribution in [0.5, 0.6) is 0 Å². The normalized spacial score (nSPS) is 10.5. The second-order valence-electron chi connectivity index (χ2n) is 4.79. The van der Waals surface area contributed by atoms with Crippen molar-refractivity contribution in [3.63, 3.8) is 0 Å². The van der Waals surface area contributed by atoms with Crippen LogP contribution in [0.2, 0.25) is 5.02 Å². The third-order valence-electron chi connectivity index (χ3n) is 3.23. The maximum atomic E-state index is 12.3. The van der Waals surface area contributed by atoms with Gasteiger partial charge < -0.3 is 4.74 Å². The number of benzene rings is 2. The molecule has 0 bridgehead atoms. The summed E-state index contributed by atoms with van der Waals surface area (Å²) in [7, 11) is 0. The zero-order chi connectivity index (χ0) is 16.2. The van der Waals surface area contributed by atoms with E-state index in [0.29, 0.717) is 22.2 Å². The number of hydrogen-bond donors (Lipinski definition) is 0. The monoisotopic (exact) mass is 343 g/mol. The molecule has 0 spiro atoms. The average Bonchev–Trinajstić information content (AvgIpc) is 3.02. The van der Waals surface area contributed by atoms with Gasteiger partial charge in [0.2, 0.25) is 0 Å².